The van der Waals surface area contributed by atoms with Gasteiger partial charge >= 0.3 is 0 Å². The molecule has 0 aromatic heterocycles. The summed E-state index contributed by atoms with van der Waals surface area (Å²) in [5.74, 6) is -0.0837. The number of hydrogen-bond donors (Lipinski definition) is 1. The number of ether oxygens (including phenoxy) is 1. The first-order valence-electron chi connectivity index (χ1n) is 13.2. The Kier molecular flexibility index (Phi) is 7.20. The third-order valence-electron chi connectivity index (χ3n) is 7.67. The maximum atomic E-state index is 13.9. The molecule has 1 heterocycles. The molecule has 0 amide bonds. The van der Waals surface area contributed by atoms with Crippen LogP contribution < -0.4 is 15.4 Å². The van der Waals surface area contributed by atoms with Crippen molar-refractivity contribution in [3.05, 3.63) is 116 Å². The first-order valence-corrected chi connectivity index (χ1v) is 13.6. The number of hydrogen-bond acceptors (Lipinski definition) is 5. The first kappa shape index (κ1) is 27.5. The number of anilines is 1. The van der Waals surface area contributed by atoms with Crippen molar-refractivity contribution in [2.75, 3.05) is 4.90 Å². The molecule has 0 bridgehead atoms. The zero-order chi connectivity index (χ0) is 28.8. The zero-order valence-corrected chi connectivity index (χ0v) is 23.8. The minimum atomic E-state index is -0.608. The van der Waals surface area contributed by atoms with E-state index in [0.29, 0.717) is 46.3 Å². The van der Waals surface area contributed by atoms with Gasteiger partial charge in [-0.05, 0) is 84.8 Å². The van der Waals surface area contributed by atoms with Crippen LogP contribution in [0, 0.1) is 36.4 Å². The van der Waals surface area contributed by atoms with Crippen molar-refractivity contribution in [1.29, 1.82) is 5.26 Å². The molecule has 1 atom stereocenters. The average molecular weight is 556 g/mol. The van der Waals surface area contributed by atoms with E-state index in [0.717, 1.165) is 28.0 Å². The second-order valence-electron chi connectivity index (χ2n) is 11.3. The topological polar surface area (TPSA) is 79.3 Å². The lowest BCUT2D eigenvalue weighted by Gasteiger charge is -2.44. The Morgan fingerprint density at radius 1 is 1.12 bits per heavy atom. The number of benzene rings is 3. The molecule has 40 heavy (non-hydrogen) atoms. The van der Waals surface area contributed by atoms with E-state index in [-0.39, 0.29) is 23.6 Å². The molecule has 0 spiro atoms. The van der Waals surface area contributed by atoms with Crippen LogP contribution in [0.3, 0.4) is 0 Å². The molecule has 3 aromatic rings. The van der Waals surface area contributed by atoms with Gasteiger partial charge in [-0.2, -0.15) is 5.26 Å². The van der Waals surface area contributed by atoms with E-state index < -0.39 is 5.92 Å². The van der Waals surface area contributed by atoms with Crippen LogP contribution in [0.25, 0.3) is 0 Å². The van der Waals surface area contributed by atoms with Crippen molar-refractivity contribution in [3.63, 3.8) is 0 Å². The summed E-state index contributed by atoms with van der Waals surface area (Å²) in [6, 6.07) is 19.6. The Morgan fingerprint density at radius 2 is 1.85 bits per heavy atom. The Morgan fingerprint density at radius 3 is 2.52 bits per heavy atom. The number of Topliss-reactive ketones (excluding diaryl/α,β-unsaturated/α-hetero) is 1. The molecule has 3 aromatic carbocycles. The molecule has 5 nitrogen and oxygen atoms in total. The molecule has 1 aliphatic heterocycles. The van der Waals surface area contributed by atoms with Crippen LogP contribution >= 0.6 is 11.6 Å². The van der Waals surface area contributed by atoms with Gasteiger partial charge in [0, 0.05) is 28.4 Å². The van der Waals surface area contributed by atoms with Crippen LogP contribution in [0.4, 0.5) is 10.1 Å². The summed E-state index contributed by atoms with van der Waals surface area (Å²) in [5, 5.41) is 11.0. The summed E-state index contributed by atoms with van der Waals surface area (Å²) >= 11 is 6.34. The smallest absolute Gasteiger partial charge is 0.162 e. The highest BCUT2D eigenvalue weighted by Crippen LogP contribution is 2.51. The lowest BCUT2D eigenvalue weighted by Crippen LogP contribution is -2.42. The zero-order valence-electron chi connectivity index (χ0n) is 23.0. The van der Waals surface area contributed by atoms with Crippen LogP contribution in [-0.4, -0.2) is 5.78 Å². The van der Waals surface area contributed by atoms with Crippen LogP contribution in [-0.2, 0) is 11.4 Å². The molecule has 5 rings (SSSR count). The van der Waals surface area contributed by atoms with E-state index in [9.17, 15) is 14.4 Å². The third kappa shape index (κ3) is 5.10. The van der Waals surface area contributed by atoms with Gasteiger partial charge in [0.1, 0.15) is 24.0 Å². The number of halogens is 2. The molecular formula is C33H31ClFN3O2. The van der Waals surface area contributed by atoms with Crippen LogP contribution in [0.2, 0.25) is 5.02 Å². The normalized spacial score (nSPS) is 18.5. The molecule has 204 valence electrons. The number of carbonyl (C=O) groups is 1. The number of carbonyl (C=O) groups excluding carboxylic acids is 1. The Balaban J connectivity index is 1.67. The second kappa shape index (κ2) is 10.5. The predicted octanol–water partition coefficient (Wildman–Crippen LogP) is 7.62. The van der Waals surface area contributed by atoms with E-state index in [1.54, 1.807) is 24.3 Å². The van der Waals surface area contributed by atoms with E-state index in [2.05, 4.69) is 19.9 Å². The van der Waals surface area contributed by atoms with Crippen molar-refractivity contribution < 1.29 is 13.9 Å². The predicted molar refractivity (Wildman–Crippen MR) is 155 cm³/mol. The van der Waals surface area contributed by atoms with E-state index in [1.165, 1.54) is 12.1 Å². The van der Waals surface area contributed by atoms with Gasteiger partial charge in [-0.3, -0.25) is 9.69 Å². The lowest BCUT2D eigenvalue weighted by molar-refractivity contribution is -0.118. The van der Waals surface area contributed by atoms with E-state index >= 15 is 0 Å². The summed E-state index contributed by atoms with van der Waals surface area (Å²) in [6.07, 6.45) is 0.984. The average Bonchev–Trinajstić information content (AvgIpc) is 2.88. The van der Waals surface area contributed by atoms with Gasteiger partial charge < -0.3 is 10.5 Å². The SMILES string of the molecule is Cc1cc(COc2ccc(F)cc2)c(C)c(C2C(C#N)=C(N)N(c3cccc(Cl)c3)C3=C2C(=O)CC(C)(C)C3)c1. The summed E-state index contributed by atoms with van der Waals surface area (Å²) in [7, 11) is 0. The molecule has 0 saturated heterocycles. The monoisotopic (exact) mass is 555 g/mol. The van der Waals surface area contributed by atoms with Crippen molar-refractivity contribution in [2.45, 2.75) is 53.1 Å². The summed E-state index contributed by atoms with van der Waals surface area (Å²) in [5.41, 5.74) is 12.6. The highest BCUT2D eigenvalue weighted by Gasteiger charge is 2.45. The molecule has 0 fully saturated rings. The number of ketones is 1. The quantitative estimate of drug-likeness (QED) is 0.350. The van der Waals surface area contributed by atoms with Gasteiger partial charge in [0.25, 0.3) is 0 Å². The van der Waals surface area contributed by atoms with Crippen molar-refractivity contribution in [2.24, 2.45) is 11.1 Å². The van der Waals surface area contributed by atoms with Crippen molar-refractivity contribution >= 4 is 23.1 Å². The highest BCUT2D eigenvalue weighted by molar-refractivity contribution is 6.30. The molecule has 1 aliphatic carbocycles. The largest absolute Gasteiger partial charge is 0.489 e. The van der Waals surface area contributed by atoms with Crippen LogP contribution in [0.15, 0.2) is 83.3 Å². The number of rotatable bonds is 5. The summed E-state index contributed by atoms with van der Waals surface area (Å²) < 4.78 is 19.3. The first-order chi connectivity index (χ1) is 19.0. The second-order valence-corrected chi connectivity index (χ2v) is 11.8. The van der Waals surface area contributed by atoms with E-state index in [1.807, 2.05) is 43.0 Å². The number of nitrogens with zero attached hydrogens (tertiary/aromatic N) is 2. The standard InChI is InChI=1S/C33H31ClFN3O2/c1-19-12-21(18-40-25-10-8-23(35)9-11-25)20(2)26(13-19)30-27(17-36)32(37)38(24-7-5-6-22(34)14-24)28-15-33(3,4)16-29(39)31(28)30/h5-14,30H,15-16,18,37H2,1-4H3. The fourth-order valence-corrected chi connectivity index (χ4v) is 6.02. The molecule has 2 aliphatic rings. The molecule has 1 unspecified atom stereocenters. The fourth-order valence-electron chi connectivity index (χ4n) is 5.84. The van der Waals surface area contributed by atoms with Gasteiger partial charge in [0.2, 0.25) is 0 Å². The van der Waals surface area contributed by atoms with Crippen LogP contribution in [0.1, 0.15) is 54.9 Å². The Bertz CT molecular complexity index is 1620. The van der Waals surface area contributed by atoms with Crippen LogP contribution in [0.5, 0.6) is 5.75 Å². The molecule has 2 N–H and O–H groups in total. The number of nitrogens with two attached hydrogens (primary N) is 1. The molecular weight excluding hydrogens is 525 g/mol. The Labute approximate surface area is 239 Å². The maximum absolute atomic E-state index is 13.9. The minimum Gasteiger partial charge on any atom is -0.489 e. The lowest BCUT2D eigenvalue weighted by atomic mass is 9.68. The summed E-state index contributed by atoms with van der Waals surface area (Å²) in [6.45, 7) is 8.35. The van der Waals surface area contributed by atoms with Crippen molar-refractivity contribution in [1.82, 2.24) is 0 Å². The third-order valence-corrected chi connectivity index (χ3v) is 7.90. The van der Waals surface area contributed by atoms with Gasteiger partial charge in [0.05, 0.1) is 17.6 Å². The fraction of sp³-hybridized carbons (Fsp3) is 0.273. The number of allylic oxidation sites excluding steroid dienone is 3. The van der Waals surface area contributed by atoms with Gasteiger partial charge in [-0.1, -0.05) is 49.2 Å². The highest BCUT2D eigenvalue weighted by atomic mass is 35.5. The van der Waals surface area contributed by atoms with Crippen molar-refractivity contribution in [3.8, 4) is 11.8 Å². The van der Waals surface area contributed by atoms with Gasteiger partial charge in [0.15, 0.2) is 5.78 Å². The molecule has 0 radical (unpaired) electrons. The minimum absolute atomic E-state index is 0.00791. The van der Waals surface area contributed by atoms with Gasteiger partial charge in [-0.25, -0.2) is 4.39 Å². The Hall–Kier alpha value is -4.08. The summed E-state index contributed by atoms with van der Waals surface area (Å²) in [4.78, 5) is 15.8. The van der Waals surface area contributed by atoms with Gasteiger partial charge in [-0.15, -0.1) is 0 Å². The number of nitriles is 1. The van der Waals surface area contributed by atoms with E-state index in [4.69, 9.17) is 22.1 Å². The maximum Gasteiger partial charge on any atom is 0.162 e. The number of aryl methyl sites for hydroxylation is 1. The molecule has 7 heteroatoms. The molecule has 0 saturated carbocycles.